The summed E-state index contributed by atoms with van der Waals surface area (Å²) in [5.74, 6) is 1.11. The van der Waals surface area contributed by atoms with E-state index in [9.17, 15) is 0 Å². The van der Waals surface area contributed by atoms with Gasteiger partial charge in [-0.05, 0) is 38.9 Å². The topological polar surface area (TPSA) is 28.4 Å². The van der Waals surface area contributed by atoms with Crippen LogP contribution in [0.25, 0.3) is 11.0 Å². The summed E-state index contributed by atoms with van der Waals surface area (Å²) in [5, 5.41) is 4.68. The molecule has 1 N–H and O–H groups in total. The van der Waals surface area contributed by atoms with Crippen LogP contribution < -0.4 is 5.32 Å². The fraction of sp³-hybridized carbons (Fsp3) is 0.556. The lowest BCUT2D eigenvalue weighted by atomic mass is 10.0. The van der Waals surface area contributed by atoms with Crippen molar-refractivity contribution in [2.45, 2.75) is 52.2 Å². The molecular formula is C18H26N2O. The van der Waals surface area contributed by atoms with E-state index in [1.54, 1.807) is 0 Å². The third-order valence-corrected chi connectivity index (χ3v) is 4.62. The van der Waals surface area contributed by atoms with Gasteiger partial charge < -0.3 is 9.73 Å². The average molecular weight is 286 g/mol. The molecule has 3 nitrogen and oxygen atoms in total. The van der Waals surface area contributed by atoms with Crippen molar-refractivity contribution >= 4 is 11.0 Å². The first-order valence-corrected chi connectivity index (χ1v) is 8.23. The highest BCUT2D eigenvalue weighted by Crippen LogP contribution is 2.29. The quantitative estimate of drug-likeness (QED) is 0.903. The van der Waals surface area contributed by atoms with Crippen LogP contribution >= 0.6 is 0 Å². The highest BCUT2D eigenvalue weighted by molar-refractivity contribution is 5.82. The van der Waals surface area contributed by atoms with Gasteiger partial charge in [0.15, 0.2) is 0 Å². The Morgan fingerprint density at radius 3 is 2.95 bits per heavy atom. The van der Waals surface area contributed by atoms with E-state index in [1.165, 1.54) is 36.8 Å². The van der Waals surface area contributed by atoms with Gasteiger partial charge in [-0.2, -0.15) is 0 Å². The molecule has 3 heteroatoms. The molecule has 0 amide bonds. The maximum atomic E-state index is 6.09. The molecule has 0 saturated carbocycles. The van der Waals surface area contributed by atoms with Crippen molar-refractivity contribution < 1.29 is 4.42 Å². The third kappa shape index (κ3) is 3.14. The average Bonchev–Trinajstić information content (AvgIpc) is 2.85. The number of nitrogens with one attached hydrogen (secondary N) is 1. The zero-order valence-corrected chi connectivity index (χ0v) is 13.2. The van der Waals surface area contributed by atoms with Crippen molar-refractivity contribution in [2.24, 2.45) is 0 Å². The van der Waals surface area contributed by atoms with Gasteiger partial charge in [0.05, 0.1) is 6.54 Å². The Balaban J connectivity index is 1.90. The number of nitrogens with zero attached hydrogens (tertiary/aromatic N) is 1. The number of fused-ring (bicyclic) bond motifs is 1. The minimum absolute atomic E-state index is 0.680. The molecule has 1 atom stereocenters. The molecule has 2 heterocycles. The molecule has 1 saturated heterocycles. The maximum Gasteiger partial charge on any atom is 0.134 e. The van der Waals surface area contributed by atoms with Gasteiger partial charge in [0.2, 0.25) is 0 Å². The summed E-state index contributed by atoms with van der Waals surface area (Å²) in [6.07, 6.45) is 4.01. The second-order valence-corrected chi connectivity index (χ2v) is 6.10. The number of para-hydroxylation sites is 1. The lowest BCUT2D eigenvalue weighted by molar-refractivity contribution is 0.152. The van der Waals surface area contributed by atoms with Crippen molar-refractivity contribution in [1.29, 1.82) is 0 Å². The maximum absolute atomic E-state index is 6.09. The van der Waals surface area contributed by atoms with Gasteiger partial charge in [-0.25, -0.2) is 0 Å². The van der Waals surface area contributed by atoms with Crippen molar-refractivity contribution in [1.82, 2.24) is 10.2 Å². The minimum Gasteiger partial charge on any atom is -0.459 e. The van der Waals surface area contributed by atoms with Crippen LogP contribution in [0, 0.1) is 0 Å². The molecule has 0 radical (unpaired) electrons. The second kappa shape index (κ2) is 6.63. The van der Waals surface area contributed by atoms with Gasteiger partial charge in [-0.1, -0.05) is 31.5 Å². The molecule has 1 aromatic heterocycles. The van der Waals surface area contributed by atoms with Gasteiger partial charge in [-0.15, -0.1) is 0 Å². The second-order valence-electron chi connectivity index (χ2n) is 6.10. The summed E-state index contributed by atoms with van der Waals surface area (Å²) in [6, 6.07) is 9.11. The van der Waals surface area contributed by atoms with Crippen LogP contribution in [-0.2, 0) is 13.1 Å². The molecule has 21 heavy (non-hydrogen) atoms. The van der Waals surface area contributed by atoms with Crippen molar-refractivity contribution in [3.05, 3.63) is 35.6 Å². The zero-order chi connectivity index (χ0) is 14.7. The Labute approximate surface area is 127 Å². The Morgan fingerprint density at radius 2 is 2.14 bits per heavy atom. The van der Waals surface area contributed by atoms with Gasteiger partial charge in [0.25, 0.3) is 0 Å². The molecule has 1 aliphatic rings. The summed E-state index contributed by atoms with van der Waals surface area (Å²) in [5.41, 5.74) is 2.39. The Morgan fingerprint density at radius 1 is 1.29 bits per heavy atom. The van der Waals surface area contributed by atoms with Gasteiger partial charge in [0.1, 0.15) is 11.3 Å². The van der Waals surface area contributed by atoms with Crippen LogP contribution in [0.4, 0.5) is 0 Å². The molecule has 2 aromatic rings. The first-order valence-electron chi connectivity index (χ1n) is 8.23. The van der Waals surface area contributed by atoms with E-state index in [1.807, 2.05) is 0 Å². The van der Waals surface area contributed by atoms with E-state index in [4.69, 9.17) is 4.42 Å². The number of likely N-dealkylation sites (tertiary alicyclic amines) is 1. The van der Waals surface area contributed by atoms with Gasteiger partial charge >= 0.3 is 0 Å². The molecule has 114 valence electrons. The summed E-state index contributed by atoms with van der Waals surface area (Å²) in [4.78, 5) is 2.61. The monoisotopic (exact) mass is 286 g/mol. The standard InChI is InChI=1S/C18H26N2O/c1-3-19-12-18-16(13-20-11-7-6-8-14(20)2)15-9-4-5-10-17(15)21-18/h4-5,9-10,14,19H,3,6-8,11-13H2,1-2H3. The van der Waals surface area contributed by atoms with Crippen LogP contribution in [-0.4, -0.2) is 24.0 Å². The summed E-state index contributed by atoms with van der Waals surface area (Å²) in [6.45, 7) is 8.50. The lowest BCUT2D eigenvalue weighted by Crippen LogP contribution is -2.37. The molecule has 3 rings (SSSR count). The van der Waals surface area contributed by atoms with E-state index in [0.717, 1.165) is 31.0 Å². The SMILES string of the molecule is CCNCc1oc2ccccc2c1CN1CCCCC1C. The highest BCUT2D eigenvalue weighted by Gasteiger charge is 2.22. The molecule has 1 fully saturated rings. The molecule has 0 bridgehead atoms. The number of benzene rings is 1. The van der Waals surface area contributed by atoms with Crippen molar-refractivity contribution in [2.75, 3.05) is 13.1 Å². The van der Waals surface area contributed by atoms with E-state index in [-0.39, 0.29) is 0 Å². The van der Waals surface area contributed by atoms with Crippen LogP contribution in [0.3, 0.4) is 0 Å². The number of hydrogen-bond donors (Lipinski definition) is 1. The van der Waals surface area contributed by atoms with Crippen LogP contribution in [0.2, 0.25) is 0 Å². The zero-order valence-electron chi connectivity index (χ0n) is 13.2. The minimum atomic E-state index is 0.680. The summed E-state index contributed by atoms with van der Waals surface area (Å²) < 4.78 is 6.09. The Hall–Kier alpha value is -1.32. The molecular weight excluding hydrogens is 260 g/mol. The molecule has 1 aliphatic heterocycles. The first kappa shape index (κ1) is 14.6. The van der Waals surface area contributed by atoms with Gasteiger partial charge in [0, 0.05) is 23.5 Å². The number of furan rings is 1. The van der Waals surface area contributed by atoms with Crippen LogP contribution in [0.5, 0.6) is 0 Å². The number of piperidine rings is 1. The molecule has 0 spiro atoms. The third-order valence-electron chi connectivity index (χ3n) is 4.62. The van der Waals surface area contributed by atoms with Gasteiger partial charge in [-0.3, -0.25) is 4.90 Å². The van der Waals surface area contributed by atoms with E-state index < -0.39 is 0 Å². The Bertz CT molecular complexity index is 590. The number of rotatable bonds is 5. The molecule has 1 aromatic carbocycles. The fourth-order valence-electron chi connectivity index (χ4n) is 3.30. The fourth-order valence-corrected chi connectivity index (χ4v) is 3.30. The van der Waals surface area contributed by atoms with E-state index in [2.05, 4.69) is 48.3 Å². The predicted octanol–water partition coefficient (Wildman–Crippen LogP) is 3.92. The summed E-state index contributed by atoms with van der Waals surface area (Å²) >= 11 is 0. The normalized spacial score (nSPS) is 20.2. The smallest absolute Gasteiger partial charge is 0.134 e. The first-order chi connectivity index (χ1) is 10.3. The predicted molar refractivity (Wildman–Crippen MR) is 87.3 cm³/mol. The molecule has 1 unspecified atom stereocenters. The molecule has 0 aliphatic carbocycles. The van der Waals surface area contributed by atoms with Crippen molar-refractivity contribution in [3.8, 4) is 0 Å². The summed E-state index contributed by atoms with van der Waals surface area (Å²) in [7, 11) is 0. The lowest BCUT2D eigenvalue weighted by Gasteiger charge is -2.33. The largest absolute Gasteiger partial charge is 0.459 e. The van der Waals surface area contributed by atoms with Crippen molar-refractivity contribution in [3.63, 3.8) is 0 Å². The van der Waals surface area contributed by atoms with E-state index >= 15 is 0 Å². The van der Waals surface area contributed by atoms with E-state index in [0.29, 0.717) is 6.04 Å². The van der Waals surface area contributed by atoms with Crippen LogP contribution in [0.15, 0.2) is 28.7 Å². The van der Waals surface area contributed by atoms with Crippen LogP contribution in [0.1, 0.15) is 44.4 Å². The number of hydrogen-bond acceptors (Lipinski definition) is 3. The highest BCUT2D eigenvalue weighted by atomic mass is 16.3. The Kier molecular flexibility index (Phi) is 4.61.